The molecule has 8 heteroatoms. The fourth-order valence-electron chi connectivity index (χ4n) is 3.01. The van der Waals surface area contributed by atoms with Crippen molar-refractivity contribution >= 4 is 35.8 Å². The standard InChI is InChI=1S/C19H28F2N4O.HI/c1-4-22-19(23-7-5-14-9-15(20)11-16(21)10-14)24-17-6-8-25(12-17)18(26)13(2)3;/h9-11,13,17H,4-8,12H2,1-3H3,(H2,22,23,24);1H. The Bertz CT molecular complexity index is 634. The fourth-order valence-corrected chi connectivity index (χ4v) is 3.01. The van der Waals surface area contributed by atoms with E-state index in [1.807, 2.05) is 25.7 Å². The van der Waals surface area contributed by atoms with Gasteiger partial charge in [-0.3, -0.25) is 9.79 Å². The number of rotatable bonds is 6. The SMILES string of the molecule is CCNC(=NCCc1cc(F)cc(F)c1)NC1CCN(C(=O)C(C)C)C1.I. The molecule has 0 saturated carbocycles. The third-order valence-corrected chi connectivity index (χ3v) is 4.27. The minimum Gasteiger partial charge on any atom is -0.357 e. The molecule has 1 aromatic rings. The number of aliphatic imine (C=N–C) groups is 1. The van der Waals surface area contributed by atoms with E-state index in [1.165, 1.54) is 12.1 Å². The van der Waals surface area contributed by atoms with Gasteiger partial charge in [-0.05, 0) is 37.5 Å². The molecule has 0 bridgehead atoms. The van der Waals surface area contributed by atoms with Crippen molar-refractivity contribution in [2.45, 2.75) is 39.7 Å². The second-order valence-electron chi connectivity index (χ2n) is 6.86. The first kappa shape index (κ1) is 23.6. The number of amides is 1. The average Bonchev–Trinajstić information content (AvgIpc) is 3.01. The Labute approximate surface area is 177 Å². The predicted octanol–water partition coefficient (Wildman–Crippen LogP) is 2.94. The van der Waals surface area contributed by atoms with Gasteiger partial charge in [0.05, 0.1) is 0 Å². The molecule has 1 aliphatic heterocycles. The van der Waals surface area contributed by atoms with Crippen LogP contribution in [0.15, 0.2) is 23.2 Å². The molecule has 1 saturated heterocycles. The van der Waals surface area contributed by atoms with Gasteiger partial charge in [0.25, 0.3) is 0 Å². The molecular formula is C19H29F2IN4O. The van der Waals surface area contributed by atoms with Crippen LogP contribution in [0.5, 0.6) is 0 Å². The molecule has 1 amide bonds. The summed E-state index contributed by atoms with van der Waals surface area (Å²) in [6.07, 6.45) is 1.33. The van der Waals surface area contributed by atoms with Crippen molar-refractivity contribution in [2.75, 3.05) is 26.2 Å². The zero-order valence-electron chi connectivity index (χ0n) is 16.1. The van der Waals surface area contributed by atoms with E-state index in [-0.39, 0.29) is 41.8 Å². The lowest BCUT2D eigenvalue weighted by molar-refractivity contribution is -0.133. The number of hydrogen-bond donors (Lipinski definition) is 2. The summed E-state index contributed by atoms with van der Waals surface area (Å²) in [6.45, 7) is 8.32. The van der Waals surface area contributed by atoms with Gasteiger partial charge in [-0.1, -0.05) is 13.8 Å². The molecule has 152 valence electrons. The predicted molar refractivity (Wildman–Crippen MR) is 114 cm³/mol. The number of halogens is 3. The number of nitrogens with one attached hydrogen (secondary N) is 2. The summed E-state index contributed by atoms with van der Waals surface area (Å²) in [5.74, 6) is -0.315. The minimum absolute atomic E-state index is 0. The molecule has 5 nitrogen and oxygen atoms in total. The van der Waals surface area contributed by atoms with Crippen LogP contribution in [-0.2, 0) is 11.2 Å². The Hall–Kier alpha value is -1.45. The normalized spacial score (nSPS) is 17.0. The molecule has 0 spiro atoms. The van der Waals surface area contributed by atoms with Gasteiger partial charge in [0, 0.05) is 44.2 Å². The first-order chi connectivity index (χ1) is 12.4. The summed E-state index contributed by atoms with van der Waals surface area (Å²) >= 11 is 0. The Morgan fingerprint density at radius 1 is 1.30 bits per heavy atom. The lowest BCUT2D eigenvalue weighted by atomic mass is 10.1. The minimum atomic E-state index is -0.574. The average molecular weight is 494 g/mol. The van der Waals surface area contributed by atoms with E-state index in [9.17, 15) is 13.6 Å². The quantitative estimate of drug-likeness (QED) is 0.364. The number of carbonyl (C=O) groups is 1. The van der Waals surface area contributed by atoms with Gasteiger partial charge in [0.1, 0.15) is 11.6 Å². The molecule has 1 heterocycles. The monoisotopic (exact) mass is 494 g/mol. The Balaban J connectivity index is 0.00000364. The molecule has 1 unspecified atom stereocenters. The number of guanidine groups is 1. The smallest absolute Gasteiger partial charge is 0.225 e. The van der Waals surface area contributed by atoms with Gasteiger partial charge in [-0.2, -0.15) is 0 Å². The molecule has 0 aromatic heterocycles. The molecule has 1 fully saturated rings. The van der Waals surface area contributed by atoms with Crippen molar-refractivity contribution in [3.8, 4) is 0 Å². The molecule has 2 N–H and O–H groups in total. The Morgan fingerprint density at radius 2 is 1.96 bits per heavy atom. The van der Waals surface area contributed by atoms with Crippen LogP contribution >= 0.6 is 24.0 Å². The van der Waals surface area contributed by atoms with Crippen LogP contribution in [0.2, 0.25) is 0 Å². The third kappa shape index (κ3) is 7.59. The molecular weight excluding hydrogens is 465 g/mol. The van der Waals surface area contributed by atoms with Crippen LogP contribution in [0, 0.1) is 17.6 Å². The van der Waals surface area contributed by atoms with E-state index in [4.69, 9.17) is 0 Å². The summed E-state index contributed by atoms with van der Waals surface area (Å²) < 4.78 is 26.5. The van der Waals surface area contributed by atoms with E-state index in [0.717, 1.165) is 19.0 Å². The zero-order valence-corrected chi connectivity index (χ0v) is 18.4. The summed E-state index contributed by atoms with van der Waals surface area (Å²) in [7, 11) is 0. The van der Waals surface area contributed by atoms with Gasteiger partial charge in [-0.25, -0.2) is 8.78 Å². The molecule has 1 aliphatic rings. The summed E-state index contributed by atoms with van der Waals surface area (Å²) in [5, 5.41) is 6.52. The summed E-state index contributed by atoms with van der Waals surface area (Å²) in [4.78, 5) is 18.4. The highest BCUT2D eigenvalue weighted by Crippen LogP contribution is 2.13. The van der Waals surface area contributed by atoms with Crippen LogP contribution in [0.1, 0.15) is 32.8 Å². The number of hydrogen-bond acceptors (Lipinski definition) is 2. The Morgan fingerprint density at radius 3 is 2.56 bits per heavy atom. The molecule has 0 aliphatic carbocycles. The highest BCUT2D eigenvalue weighted by molar-refractivity contribution is 14.0. The van der Waals surface area contributed by atoms with E-state index in [2.05, 4.69) is 15.6 Å². The maximum absolute atomic E-state index is 13.2. The van der Waals surface area contributed by atoms with Crippen LogP contribution in [0.4, 0.5) is 8.78 Å². The van der Waals surface area contributed by atoms with Gasteiger partial charge < -0.3 is 15.5 Å². The van der Waals surface area contributed by atoms with Crippen molar-refractivity contribution in [1.82, 2.24) is 15.5 Å². The van der Waals surface area contributed by atoms with Crippen LogP contribution < -0.4 is 10.6 Å². The number of benzene rings is 1. The van der Waals surface area contributed by atoms with Crippen molar-refractivity contribution in [1.29, 1.82) is 0 Å². The van der Waals surface area contributed by atoms with Crippen LogP contribution in [0.3, 0.4) is 0 Å². The second-order valence-corrected chi connectivity index (χ2v) is 6.86. The highest BCUT2D eigenvalue weighted by Gasteiger charge is 2.27. The zero-order chi connectivity index (χ0) is 19.1. The largest absolute Gasteiger partial charge is 0.357 e. The summed E-state index contributed by atoms with van der Waals surface area (Å²) in [5.41, 5.74) is 0.580. The van der Waals surface area contributed by atoms with E-state index < -0.39 is 11.6 Å². The maximum atomic E-state index is 13.2. The first-order valence-electron chi connectivity index (χ1n) is 9.17. The van der Waals surface area contributed by atoms with Crippen LogP contribution in [0.25, 0.3) is 0 Å². The van der Waals surface area contributed by atoms with Crippen molar-refractivity contribution in [3.63, 3.8) is 0 Å². The van der Waals surface area contributed by atoms with Gasteiger partial charge in [-0.15, -0.1) is 24.0 Å². The molecule has 27 heavy (non-hydrogen) atoms. The third-order valence-electron chi connectivity index (χ3n) is 4.27. The number of nitrogens with zero attached hydrogens (tertiary/aromatic N) is 2. The molecule has 0 radical (unpaired) electrons. The fraction of sp³-hybridized carbons (Fsp3) is 0.579. The topological polar surface area (TPSA) is 56.7 Å². The van der Waals surface area contributed by atoms with Crippen molar-refractivity contribution in [2.24, 2.45) is 10.9 Å². The molecule has 1 aromatic carbocycles. The number of likely N-dealkylation sites (tertiary alicyclic amines) is 1. The van der Waals surface area contributed by atoms with Gasteiger partial charge in [0.2, 0.25) is 5.91 Å². The van der Waals surface area contributed by atoms with Crippen LogP contribution in [-0.4, -0.2) is 49.0 Å². The lowest BCUT2D eigenvalue weighted by Crippen LogP contribution is -2.45. The van der Waals surface area contributed by atoms with Crippen molar-refractivity contribution in [3.05, 3.63) is 35.4 Å². The molecule has 1 atom stereocenters. The maximum Gasteiger partial charge on any atom is 0.225 e. The second kappa shape index (κ2) is 11.4. The van der Waals surface area contributed by atoms with Gasteiger partial charge >= 0.3 is 0 Å². The highest BCUT2D eigenvalue weighted by atomic mass is 127. The van der Waals surface area contributed by atoms with Gasteiger partial charge in [0.15, 0.2) is 5.96 Å². The summed E-state index contributed by atoms with van der Waals surface area (Å²) in [6, 6.07) is 3.67. The lowest BCUT2D eigenvalue weighted by Gasteiger charge is -2.20. The number of carbonyl (C=O) groups excluding carboxylic acids is 1. The molecule has 2 rings (SSSR count). The van der Waals surface area contributed by atoms with E-state index in [1.54, 1.807) is 0 Å². The van der Waals surface area contributed by atoms with E-state index in [0.29, 0.717) is 37.6 Å². The van der Waals surface area contributed by atoms with E-state index >= 15 is 0 Å². The first-order valence-corrected chi connectivity index (χ1v) is 9.17. The Kier molecular flexibility index (Phi) is 9.97. The van der Waals surface area contributed by atoms with Crippen molar-refractivity contribution < 1.29 is 13.6 Å².